The Morgan fingerprint density at radius 1 is 1.16 bits per heavy atom. The van der Waals surface area contributed by atoms with Gasteiger partial charge in [-0.3, -0.25) is 9.59 Å². The molecule has 7 rings (SSSR count). The van der Waals surface area contributed by atoms with Gasteiger partial charge in [-0.15, -0.1) is 10.2 Å². The average Bonchev–Trinajstić information content (AvgIpc) is 3.21. The number of rotatable bonds is 5. The zero-order valence-electron chi connectivity index (χ0n) is 18.3. The number of carbonyl (C=O) groups excluding carboxylic acids is 2. The third-order valence-corrected chi connectivity index (χ3v) is 10.0. The summed E-state index contributed by atoms with van der Waals surface area (Å²) in [6, 6.07) is 1.72. The van der Waals surface area contributed by atoms with E-state index in [0.717, 1.165) is 37.0 Å². The van der Waals surface area contributed by atoms with E-state index in [2.05, 4.69) is 26.8 Å². The Labute approximate surface area is 186 Å². The van der Waals surface area contributed by atoms with Gasteiger partial charge in [0.05, 0.1) is 6.07 Å². The van der Waals surface area contributed by atoms with Crippen LogP contribution in [0.1, 0.15) is 74.8 Å². The number of fused-ring (bicyclic) bond motifs is 2. The Balaban J connectivity index is 1.06. The first-order valence-electron chi connectivity index (χ1n) is 12.3. The van der Waals surface area contributed by atoms with Gasteiger partial charge < -0.3 is 10.2 Å². The van der Waals surface area contributed by atoms with Crippen LogP contribution < -0.4 is 5.32 Å². The van der Waals surface area contributed by atoms with Crippen molar-refractivity contribution in [3.63, 3.8) is 0 Å². The Bertz CT molecular complexity index is 1060. The Kier molecular flexibility index (Phi) is 3.62. The van der Waals surface area contributed by atoms with Crippen molar-refractivity contribution >= 4 is 11.8 Å². The summed E-state index contributed by atoms with van der Waals surface area (Å²) in [6.45, 7) is 0.506. The van der Waals surface area contributed by atoms with E-state index < -0.39 is 6.04 Å². The minimum absolute atomic E-state index is 0.0235. The number of aromatic nitrogens is 4. The lowest BCUT2D eigenvalue weighted by atomic mass is 9.50. The summed E-state index contributed by atoms with van der Waals surface area (Å²) < 4.78 is 0. The van der Waals surface area contributed by atoms with Crippen LogP contribution in [0, 0.1) is 39.9 Å². The number of nitrogens with one attached hydrogen (secondary N) is 1. The third kappa shape index (κ3) is 2.36. The lowest BCUT2D eigenvalue weighted by Gasteiger charge is -2.59. The summed E-state index contributed by atoms with van der Waals surface area (Å²) in [7, 11) is 0. The van der Waals surface area contributed by atoms with Gasteiger partial charge in [-0.05, 0) is 98.0 Å². The summed E-state index contributed by atoms with van der Waals surface area (Å²) in [4.78, 5) is 28.5. The van der Waals surface area contributed by atoms with Crippen molar-refractivity contribution in [3.8, 4) is 6.07 Å². The molecule has 6 atom stereocenters. The SMILES string of the molecule is N#C[C@@H]1CCCN1C(=O)c1nnn(CC(=O)NC23CC4CC5CC(C6CC6)(C2)CC43C5)n1. The van der Waals surface area contributed by atoms with Gasteiger partial charge >= 0.3 is 0 Å². The fourth-order valence-electron chi connectivity index (χ4n) is 9.02. The number of nitriles is 1. The lowest BCUT2D eigenvalue weighted by molar-refractivity contribution is -0.132. The van der Waals surface area contributed by atoms with E-state index in [9.17, 15) is 14.9 Å². The second kappa shape index (κ2) is 6.09. The van der Waals surface area contributed by atoms with Gasteiger partial charge in [0.1, 0.15) is 12.6 Å². The molecule has 1 aromatic heterocycles. The molecular formula is C23H29N7O2. The smallest absolute Gasteiger partial charge is 0.296 e. The molecule has 1 spiro atoms. The van der Waals surface area contributed by atoms with Crippen LogP contribution in [0.25, 0.3) is 0 Å². The number of likely N-dealkylation sites (tertiary alicyclic amines) is 1. The topological polar surface area (TPSA) is 117 Å². The van der Waals surface area contributed by atoms with Crippen molar-refractivity contribution in [1.29, 1.82) is 5.26 Å². The van der Waals surface area contributed by atoms with Gasteiger partial charge in [-0.25, -0.2) is 0 Å². The zero-order valence-corrected chi connectivity index (χ0v) is 18.3. The van der Waals surface area contributed by atoms with Crippen LogP contribution in [-0.2, 0) is 11.3 Å². The lowest BCUT2D eigenvalue weighted by Crippen LogP contribution is -2.67. The van der Waals surface area contributed by atoms with Crippen LogP contribution in [0.2, 0.25) is 0 Å². The first kappa shape index (κ1) is 19.0. The summed E-state index contributed by atoms with van der Waals surface area (Å²) in [6.07, 6.45) is 11.9. The maximum Gasteiger partial charge on any atom is 0.296 e. The number of amides is 2. The van der Waals surface area contributed by atoms with E-state index in [4.69, 9.17) is 0 Å². The first-order valence-corrected chi connectivity index (χ1v) is 12.3. The molecule has 9 heteroatoms. The molecule has 3 bridgehead atoms. The van der Waals surface area contributed by atoms with Crippen molar-refractivity contribution in [2.45, 2.75) is 82.3 Å². The number of hydrogen-bond acceptors (Lipinski definition) is 6. The molecule has 168 valence electrons. The van der Waals surface area contributed by atoms with Crippen molar-refractivity contribution in [2.75, 3.05) is 6.54 Å². The third-order valence-electron chi connectivity index (χ3n) is 10.0. The second-order valence-corrected chi connectivity index (χ2v) is 11.6. The maximum absolute atomic E-state index is 13.1. The molecule has 5 unspecified atom stereocenters. The standard InChI is InChI=1S/C23H29N7O2/c24-10-17-2-1-5-29(17)20(32)19-26-28-30(27-19)11-18(31)25-23-9-16-6-14-7-21(13-23,15-3-4-15)12-22(16,23)8-14/h14-17H,1-9,11-13H2,(H,25,31)/t14?,16?,17-,21?,22?,23?/m0/s1. The van der Waals surface area contributed by atoms with E-state index in [1.807, 2.05) is 0 Å². The normalized spacial score (nSPS) is 43.1. The second-order valence-electron chi connectivity index (χ2n) is 11.6. The van der Waals surface area contributed by atoms with E-state index in [1.54, 1.807) is 0 Å². The highest BCUT2D eigenvalue weighted by atomic mass is 16.2. The Hall–Kier alpha value is -2.50. The van der Waals surface area contributed by atoms with Crippen molar-refractivity contribution in [2.24, 2.45) is 28.6 Å². The van der Waals surface area contributed by atoms with Gasteiger partial charge in [-0.2, -0.15) is 10.1 Å². The fourth-order valence-corrected chi connectivity index (χ4v) is 9.02. The molecule has 1 aliphatic heterocycles. The van der Waals surface area contributed by atoms with Crippen LogP contribution in [0.3, 0.4) is 0 Å². The Morgan fingerprint density at radius 3 is 2.84 bits per heavy atom. The maximum atomic E-state index is 13.1. The molecular weight excluding hydrogens is 406 g/mol. The van der Waals surface area contributed by atoms with E-state index in [0.29, 0.717) is 23.8 Å². The zero-order chi connectivity index (χ0) is 21.7. The molecule has 0 radical (unpaired) electrons. The van der Waals surface area contributed by atoms with Crippen molar-refractivity contribution in [3.05, 3.63) is 5.82 Å². The molecule has 0 aromatic carbocycles. The predicted molar refractivity (Wildman–Crippen MR) is 111 cm³/mol. The minimum Gasteiger partial charge on any atom is -0.348 e. The molecule has 1 N–H and O–H groups in total. The van der Waals surface area contributed by atoms with Gasteiger partial charge in [-0.1, -0.05) is 0 Å². The molecule has 5 aliphatic carbocycles. The molecule has 32 heavy (non-hydrogen) atoms. The summed E-state index contributed by atoms with van der Waals surface area (Å²) in [5, 5.41) is 24.7. The van der Waals surface area contributed by atoms with Gasteiger partial charge in [0, 0.05) is 12.1 Å². The highest BCUT2D eigenvalue weighted by Crippen LogP contribution is 2.83. The molecule has 2 amide bonds. The highest BCUT2D eigenvalue weighted by molar-refractivity contribution is 5.90. The predicted octanol–water partition coefficient (Wildman–Crippen LogP) is 1.67. The number of tetrazole rings is 1. The van der Waals surface area contributed by atoms with Gasteiger partial charge in [0.2, 0.25) is 5.91 Å². The highest BCUT2D eigenvalue weighted by Gasteiger charge is 2.79. The molecule has 1 aromatic rings. The monoisotopic (exact) mass is 435 g/mol. The summed E-state index contributed by atoms with van der Waals surface area (Å²) in [5.41, 5.74) is 0.754. The molecule has 9 nitrogen and oxygen atoms in total. The summed E-state index contributed by atoms with van der Waals surface area (Å²) >= 11 is 0. The average molecular weight is 436 g/mol. The summed E-state index contributed by atoms with van der Waals surface area (Å²) in [5.74, 6) is 2.04. The number of hydrogen-bond donors (Lipinski definition) is 1. The Morgan fingerprint density at radius 2 is 2.03 bits per heavy atom. The molecule has 2 heterocycles. The van der Waals surface area contributed by atoms with Gasteiger partial charge in [0.25, 0.3) is 11.7 Å². The van der Waals surface area contributed by atoms with Crippen LogP contribution >= 0.6 is 0 Å². The van der Waals surface area contributed by atoms with Crippen molar-refractivity contribution in [1.82, 2.24) is 30.4 Å². The van der Waals surface area contributed by atoms with Gasteiger partial charge in [0.15, 0.2) is 0 Å². The molecule has 5 saturated carbocycles. The van der Waals surface area contributed by atoms with E-state index in [-0.39, 0.29) is 29.7 Å². The van der Waals surface area contributed by atoms with Crippen LogP contribution in [0.4, 0.5) is 0 Å². The largest absolute Gasteiger partial charge is 0.348 e. The van der Waals surface area contributed by atoms with Crippen LogP contribution in [-0.4, -0.2) is 55.0 Å². The molecule has 1 saturated heterocycles. The van der Waals surface area contributed by atoms with E-state index in [1.165, 1.54) is 48.2 Å². The fraction of sp³-hybridized carbons (Fsp3) is 0.826. The number of carbonyl (C=O) groups is 2. The minimum atomic E-state index is -0.432. The van der Waals surface area contributed by atoms with Crippen LogP contribution in [0.15, 0.2) is 0 Å². The quantitative estimate of drug-likeness (QED) is 0.752. The molecule has 6 aliphatic rings. The van der Waals surface area contributed by atoms with E-state index >= 15 is 0 Å². The van der Waals surface area contributed by atoms with Crippen LogP contribution in [0.5, 0.6) is 0 Å². The first-order chi connectivity index (χ1) is 15.5. The molecule has 6 fully saturated rings. The van der Waals surface area contributed by atoms with Crippen molar-refractivity contribution < 1.29 is 9.59 Å². The number of nitrogens with zero attached hydrogens (tertiary/aromatic N) is 6.